The first-order valence-electron chi connectivity index (χ1n) is 11.2. The van der Waals surface area contributed by atoms with Crippen LogP contribution in [0.15, 0.2) is 24.5 Å². The monoisotopic (exact) mass is 466 g/mol. The van der Waals surface area contributed by atoms with Gasteiger partial charge in [0, 0.05) is 31.5 Å². The second-order valence-corrected chi connectivity index (χ2v) is 8.39. The molecule has 11 nitrogen and oxygen atoms in total. The molecule has 0 radical (unpaired) electrons. The number of nitrogens with two attached hydrogens (primary N) is 1. The number of carbonyl (C=O) groups excluding carboxylic acids is 2. The molecule has 2 aliphatic rings. The number of likely N-dealkylation sites (tertiary alicyclic amines) is 1. The van der Waals surface area contributed by atoms with Gasteiger partial charge in [-0.25, -0.2) is 14.6 Å². The Bertz CT molecular complexity index is 1250. The highest BCUT2D eigenvalue weighted by molar-refractivity contribution is 5.98. The number of hydrogen-bond acceptors (Lipinski definition) is 9. The molecule has 1 atom stereocenters. The van der Waals surface area contributed by atoms with Crippen molar-refractivity contribution in [2.75, 3.05) is 33.0 Å². The Balaban J connectivity index is 1.44. The Morgan fingerprint density at radius 1 is 1.12 bits per heavy atom. The van der Waals surface area contributed by atoms with Gasteiger partial charge in [-0.15, -0.1) is 0 Å². The molecule has 11 heteroatoms. The fraction of sp³-hybridized carbons (Fsp3) is 0.435. The maximum atomic E-state index is 12.7. The maximum absolute atomic E-state index is 12.7. The van der Waals surface area contributed by atoms with Crippen LogP contribution >= 0.6 is 0 Å². The molecule has 0 bridgehead atoms. The van der Waals surface area contributed by atoms with E-state index >= 15 is 0 Å². The van der Waals surface area contributed by atoms with E-state index in [4.69, 9.17) is 25.0 Å². The zero-order chi connectivity index (χ0) is 23.8. The first-order chi connectivity index (χ1) is 16.5. The lowest BCUT2D eigenvalue weighted by atomic mass is 10.0. The third-order valence-electron chi connectivity index (χ3n) is 6.46. The average molecular weight is 466 g/mol. The summed E-state index contributed by atoms with van der Waals surface area (Å²) in [5.41, 5.74) is 8.36. The number of aromatic nitrogens is 4. The molecule has 34 heavy (non-hydrogen) atoms. The zero-order valence-corrected chi connectivity index (χ0v) is 19.1. The van der Waals surface area contributed by atoms with E-state index in [1.165, 1.54) is 6.33 Å². The minimum Gasteiger partial charge on any atom is -0.493 e. The van der Waals surface area contributed by atoms with Crippen LogP contribution in [0.25, 0.3) is 22.3 Å². The number of amides is 1. The van der Waals surface area contributed by atoms with Gasteiger partial charge in [0.2, 0.25) is 0 Å². The molecule has 1 aromatic carbocycles. The highest BCUT2D eigenvalue weighted by Gasteiger charge is 2.35. The summed E-state index contributed by atoms with van der Waals surface area (Å²) < 4.78 is 17.8. The quantitative estimate of drug-likeness (QED) is 0.560. The highest BCUT2D eigenvalue weighted by atomic mass is 16.6. The maximum Gasteiger partial charge on any atom is 0.306 e. The molecule has 2 saturated heterocycles. The molecule has 2 N–H and O–H groups in total. The largest absolute Gasteiger partial charge is 0.493 e. The first kappa shape index (κ1) is 21.9. The molecule has 5 rings (SSSR count). The highest BCUT2D eigenvalue weighted by Crippen LogP contribution is 2.37. The summed E-state index contributed by atoms with van der Waals surface area (Å²) in [6.07, 6.45) is 2.91. The minimum atomic E-state index is -0.654. The number of piperidine rings is 1. The molecule has 4 heterocycles. The van der Waals surface area contributed by atoms with Crippen molar-refractivity contribution in [1.29, 1.82) is 0 Å². The van der Waals surface area contributed by atoms with Crippen LogP contribution in [0.4, 0.5) is 5.82 Å². The number of benzene rings is 1. The molecule has 2 aliphatic heterocycles. The van der Waals surface area contributed by atoms with Gasteiger partial charge in [-0.1, -0.05) is 0 Å². The molecule has 0 unspecified atom stereocenters. The van der Waals surface area contributed by atoms with E-state index in [9.17, 15) is 9.59 Å². The third-order valence-corrected chi connectivity index (χ3v) is 6.46. The van der Waals surface area contributed by atoms with E-state index in [-0.39, 0.29) is 17.9 Å². The Hall–Kier alpha value is -3.89. The third kappa shape index (κ3) is 3.76. The number of cyclic esters (lactones) is 1. The summed E-state index contributed by atoms with van der Waals surface area (Å²) in [6, 6.07) is 5.59. The topological polar surface area (TPSA) is 135 Å². The average Bonchev–Trinajstić information content (AvgIpc) is 3.48. The number of anilines is 1. The number of ether oxygens (including phenoxy) is 3. The van der Waals surface area contributed by atoms with Crippen molar-refractivity contribution in [3.63, 3.8) is 0 Å². The lowest BCUT2D eigenvalue weighted by Gasteiger charge is -2.33. The van der Waals surface area contributed by atoms with Crippen LogP contribution in [-0.2, 0) is 14.3 Å². The lowest BCUT2D eigenvalue weighted by molar-refractivity contribution is -0.153. The number of nitrogen functional groups attached to an aromatic ring is 1. The summed E-state index contributed by atoms with van der Waals surface area (Å²) in [7, 11) is 3.17. The second-order valence-electron chi connectivity index (χ2n) is 8.39. The minimum absolute atomic E-state index is 0.0286. The first-order valence-corrected chi connectivity index (χ1v) is 11.2. The number of carbonyl (C=O) groups is 2. The summed E-state index contributed by atoms with van der Waals surface area (Å²) >= 11 is 0. The Morgan fingerprint density at radius 3 is 2.56 bits per heavy atom. The summed E-state index contributed by atoms with van der Waals surface area (Å²) in [5.74, 6) is 1.11. The molecule has 2 fully saturated rings. The van der Waals surface area contributed by atoms with Gasteiger partial charge in [0.25, 0.3) is 5.91 Å². The van der Waals surface area contributed by atoms with Crippen LogP contribution in [0.2, 0.25) is 0 Å². The van der Waals surface area contributed by atoms with Crippen molar-refractivity contribution in [3.05, 3.63) is 24.5 Å². The van der Waals surface area contributed by atoms with Crippen LogP contribution in [0.5, 0.6) is 11.5 Å². The van der Waals surface area contributed by atoms with Gasteiger partial charge >= 0.3 is 5.97 Å². The fourth-order valence-electron chi connectivity index (χ4n) is 4.67. The van der Waals surface area contributed by atoms with Crippen LogP contribution in [0.3, 0.4) is 0 Å². The number of rotatable bonds is 5. The van der Waals surface area contributed by atoms with E-state index in [1.807, 2.05) is 22.9 Å². The van der Waals surface area contributed by atoms with Gasteiger partial charge in [-0.05, 0) is 31.0 Å². The van der Waals surface area contributed by atoms with E-state index in [0.29, 0.717) is 72.8 Å². The molecule has 3 aromatic rings. The van der Waals surface area contributed by atoms with Crippen molar-refractivity contribution < 1.29 is 23.8 Å². The van der Waals surface area contributed by atoms with Crippen molar-refractivity contribution in [1.82, 2.24) is 24.6 Å². The summed E-state index contributed by atoms with van der Waals surface area (Å²) in [5, 5.41) is 5.57. The molecule has 0 aliphatic carbocycles. The zero-order valence-electron chi connectivity index (χ0n) is 19.1. The van der Waals surface area contributed by atoms with Crippen LogP contribution in [-0.4, -0.2) is 69.9 Å². The Kier molecular flexibility index (Phi) is 5.68. The number of hydrogen-bond donors (Lipinski definition) is 1. The molecule has 0 spiro atoms. The fourth-order valence-corrected chi connectivity index (χ4v) is 4.67. The molecule has 178 valence electrons. The van der Waals surface area contributed by atoms with Gasteiger partial charge in [-0.3, -0.25) is 9.59 Å². The van der Waals surface area contributed by atoms with Crippen LogP contribution in [0, 0.1) is 0 Å². The number of esters is 1. The van der Waals surface area contributed by atoms with Crippen LogP contribution in [0.1, 0.15) is 31.7 Å². The van der Waals surface area contributed by atoms with Crippen molar-refractivity contribution >= 4 is 28.7 Å². The summed E-state index contributed by atoms with van der Waals surface area (Å²) in [6.45, 7) is 1.09. The van der Waals surface area contributed by atoms with Gasteiger partial charge in [-0.2, -0.15) is 5.10 Å². The van der Waals surface area contributed by atoms with Crippen LogP contribution < -0.4 is 15.2 Å². The predicted octanol–water partition coefficient (Wildman–Crippen LogP) is 1.96. The van der Waals surface area contributed by atoms with Gasteiger partial charge in [0.15, 0.2) is 23.3 Å². The van der Waals surface area contributed by atoms with Crippen molar-refractivity contribution in [3.8, 4) is 22.8 Å². The smallest absolute Gasteiger partial charge is 0.306 e. The van der Waals surface area contributed by atoms with E-state index in [0.717, 1.165) is 5.56 Å². The number of methoxy groups -OCH3 is 2. The van der Waals surface area contributed by atoms with Gasteiger partial charge < -0.3 is 24.8 Å². The second kappa shape index (κ2) is 8.81. The van der Waals surface area contributed by atoms with Gasteiger partial charge in [0.05, 0.1) is 25.6 Å². The van der Waals surface area contributed by atoms with Gasteiger partial charge in [0.1, 0.15) is 17.8 Å². The van der Waals surface area contributed by atoms with E-state index in [2.05, 4.69) is 9.97 Å². The lowest BCUT2D eigenvalue weighted by Crippen LogP contribution is -2.44. The van der Waals surface area contributed by atoms with E-state index in [1.54, 1.807) is 19.1 Å². The molecule has 0 saturated carbocycles. The summed E-state index contributed by atoms with van der Waals surface area (Å²) in [4.78, 5) is 34.5. The predicted molar refractivity (Wildman–Crippen MR) is 122 cm³/mol. The normalized spacial score (nSPS) is 18.8. The standard InChI is InChI=1S/C23H26N6O5/c1-32-15-4-3-13(11-17(15)33-2)20-19-21(24)25-12-26-22(19)29(27-20)14-7-9-28(10-8-14)23(31)16-5-6-18(30)34-16/h3-4,11-12,14,16H,5-10H2,1-2H3,(H2,24,25,26)/t16-/m1/s1. The van der Waals surface area contributed by atoms with Crippen molar-refractivity contribution in [2.24, 2.45) is 0 Å². The number of fused-ring (bicyclic) bond motifs is 1. The Morgan fingerprint density at radius 2 is 1.88 bits per heavy atom. The molecule has 2 aromatic heterocycles. The molecular formula is C23H26N6O5. The molecular weight excluding hydrogens is 440 g/mol. The van der Waals surface area contributed by atoms with E-state index < -0.39 is 6.10 Å². The SMILES string of the molecule is COc1ccc(-c2nn(C3CCN(C(=O)[C@H]4CCC(=O)O4)CC3)c3ncnc(N)c23)cc1OC. The van der Waals surface area contributed by atoms with Crippen molar-refractivity contribution in [2.45, 2.75) is 37.8 Å². The molecule has 1 amide bonds. The number of nitrogens with zero attached hydrogens (tertiary/aromatic N) is 5. The Labute approximate surface area is 195 Å².